The number of hydrogen-bond acceptors (Lipinski definition) is 2. The topological polar surface area (TPSA) is 40.6 Å². The van der Waals surface area contributed by atoms with Crippen LogP contribution in [0, 0.1) is 11.8 Å². The van der Waals surface area contributed by atoms with Gasteiger partial charge in [-0.1, -0.05) is 20.3 Å². The summed E-state index contributed by atoms with van der Waals surface area (Å²) in [5.74, 6) is 1.29. The number of halogens is 1. The molecule has 0 radical (unpaired) electrons. The maximum absolute atomic E-state index is 12.8. The Hall–Kier alpha value is 0.160. The van der Waals surface area contributed by atoms with E-state index in [2.05, 4.69) is 13.8 Å². The molecule has 0 aliphatic carbocycles. The van der Waals surface area contributed by atoms with Gasteiger partial charge in [-0.25, -0.2) is 0 Å². The fraction of sp³-hybridized carbons (Fsp3) is 1.00. The molecule has 4 nitrogen and oxygen atoms in total. The Bertz CT molecular complexity index is 391. The molecule has 0 amide bonds. The van der Waals surface area contributed by atoms with E-state index in [1.54, 1.807) is 8.61 Å². The summed E-state index contributed by atoms with van der Waals surface area (Å²) in [6.07, 6.45) is 4.04. The summed E-state index contributed by atoms with van der Waals surface area (Å²) in [5, 5.41) is 0. The van der Waals surface area contributed by atoms with Crippen LogP contribution in [0.15, 0.2) is 0 Å². The summed E-state index contributed by atoms with van der Waals surface area (Å²) in [4.78, 5) is 0. The molecule has 6 heteroatoms. The van der Waals surface area contributed by atoms with Crippen molar-refractivity contribution in [1.29, 1.82) is 0 Å². The maximum Gasteiger partial charge on any atom is 0.282 e. The number of rotatable bonds is 3. The van der Waals surface area contributed by atoms with Crippen molar-refractivity contribution in [2.24, 2.45) is 11.8 Å². The minimum Gasteiger partial charge on any atom is -0.195 e. The van der Waals surface area contributed by atoms with Crippen LogP contribution in [-0.4, -0.2) is 48.6 Å². The van der Waals surface area contributed by atoms with Crippen molar-refractivity contribution in [2.75, 3.05) is 25.5 Å². The summed E-state index contributed by atoms with van der Waals surface area (Å²) in [6.45, 7) is 6.19. The third-order valence-electron chi connectivity index (χ3n) is 4.21. The van der Waals surface area contributed by atoms with Gasteiger partial charge in [0.25, 0.3) is 10.2 Å². The molecule has 0 aromatic heterocycles. The summed E-state index contributed by atoms with van der Waals surface area (Å²) < 4.78 is 28.9. The standard InChI is InChI=1S/C13H25ClN2O2S/c1-11-7-12(2)10-15(9-11)19(17,18)16-6-4-3-5-13(16)8-14/h11-13H,3-10H2,1-2H3. The normalized spacial score (nSPS) is 35.4. The first-order chi connectivity index (χ1) is 8.95. The molecule has 19 heavy (non-hydrogen) atoms. The smallest absolute Gasteiger partial charge is 0.195 e. The molecule has 0 bridgehead atoms. The molecule has 2 aliphatic rings. The van der Waals surface area contributed by atoms with Crippen LogP contribution < -0.4 is 0 Å². The van der Waals surface area contributed by atoms with Gasteiger partial charge < -0.3 is 0 Å². The highest BCUT2D eigenvalue weighted by Crippen LogP contribution is 2.28. The van der Waals surface area contributed by atoms with Gasteiger partial charge in [-0.3, -0.25) is 0 Å². The molecule has 0 aromatic rings. The lowest BCUT2D eigenvalue weighted by atomic mass is 9.94. The molecule has 3 unspecified atom stereocenters. The van der Waals surface area contributed by atoms with E-state index in [0.29, 0.717) is 37.4 Å². The number of piperidine rings is 2. The monoisotopic (exact) mass is 308 g/mol. The number of nitrogens with zero attached hydrogens (tertiary/aromatic N) is 2. The third kappa shape index (κ3) is 3.43. The van der Waals surface area contributed by atoms with Crippen LogP contribution >= 0.6 is 11.6 Å². The molecule has 2 heterocycles. The Morgan fingerprint density at radius 1 is 1.16 bits per heavy atom. The van der Waals surface area contributed by atoms with E-state index in [0.717, 1.165) is 25.7 Å². The Labute approximate surface area is 122 Å². The summed E-state index contributed by atoms with van der Waals surface area (Å²) in [7, 11) is -3.33. The van der Waals surface area contributed by atoms with Crippen molar-refractivity contribution in [3.63, 3.8) is 0 Å². The molecule has 3 atom stereocenters. The van der Waals surface area contributed by atoms with Crippen molar-refractivity contribution in [3.05, 3.63) is 0 Å². The van der Waals surface area contributed by atoms with Gasteiger partial charge in [-0.15, -0.1) is 11.6 Å². The van der Waals surface area contributed by atoms with E-state index < -0.39 is 10.2 Å². The average molecular weight is 309 g/mol. The van der Waals surface area contributed by atoms with Gasteiger partial charge in [-0.05, 0) is 31.1 Å². The average Bonchev–Trinajstić information content (AvgIpc) is 2.37. The van der Waals surface area contributed by atoms with Crippen LogP contribution in [0.25, 0.3) is 0 Å². The van der Waals surface area contributed by atoms with Gasteiger partial charge in [0.05, 0.1) is 0 Å². The van der Waals surface area contributed by atoms with Gasteiger partial charge >= 0.3 is 0 Å². The quantitative estimate of drug-likeness (QED) is 0.751. The molecular formula is C13H25ClN2O2S. The minimum atomic E-state index is -3.33. The minimum absolute atomic E-state index is 0.0204. The lowest BCUT2D eigenvalue weighted by Crippen LogP contribution is -2.54. The van der Waals surface area contributed by atoms with E-state index >= 15 is 0 Å². The second kappa shape index (κ2) is 6.29. The molecular weight excluding hydrogens is 284 g/mol. The lowest BCUT2D eigenvalue weighted by molar-refractivity contribution is 0.191. The van der Waals surface area contributed by atoms with Gasteiger partial charge in [0.15, 0.2) is 0 Å². The summed E-state index contributed by atoms with van der Waals surface area (Å²) in [5.41, 5.74) is 0. The lowest BCUT2D eigenvalue weighted by Gasteiger charge is -2.41. The highest BCUT2D eigenvalue weighted by atomic mass is 35.5. The van der Waals surface area contributed by atoms with Crippen LogP contribution in [0.1, 0.15) is 39.5 Å². The third-order valence-corrected chi connectivity index (χ3v) is 6.59. The maximum atomic E-state index is 12.8. The molecule has 0 aromatic carbocycles. The van der Waals surface area contributed by atoms with Crippen LogP contribution in [0.4, 0.5) is 0 Å². The predicted octanol–water partition coefficient (Wildman–Crippen LogP) is 2.30. The van der Waals surface area contributed by atoms with E-state index in [9.17, 15) is 8.42 Å². The largest absolute Gasteiger partial charge is 0.282 e. The van der Waals surface area contributed by atoms with Crippen molar-refractivity contribution in [3.8, 4) is 0 Å². The first kappa shape index (κ1) is 15.5. The fourth-order valence-corrected chi connectivity index (χ4v) is 5.88. The fourth-order valence-electron chi connectivity index (χ4n) is 3.37. The van der Waals surface area contributed by atoms with Crippen LogP contribution in [-0.2, 0) is 10.2 Å². The van der Waals surface area contributed by atoms with Crippen molar-refractivity contribution >= 4 is 21.8 Å². The highest BCUT2D eigenvalue weighted by Gasteiger charge is 2.38. The molecule has 2 fully saturated rings. The number of alkyl halides is 1. The van der Waals surface area contributed by atoms with Crippen molar-refractivity contribution in [1.82, 2.24) is 8.61 Å². The Morgan fingerprint density at radius 3 is 2.37 bits per heavy atom. The Morgan fingerprint density at radius 2 is 1.79 bits per heavy atom. The second-order valence-electron chi connectivity index (χ2n) is 6.19. The summed E-state index contributed by atoms with van der Waals surface area (Å²) >= 11 is 5.95. The molecule has 2 rings (SSSR count). The molecule has 112 valence electrons. The van der Waals surface area contributed by atoms with Crippen LogP contribution in [0.3, 0.4) is 0 Å². The van der Waals surface area contributed by atoms with Crippen molar-refractivity contribution < 1.29 is 8.42 Å². The second-order valence-corrected chi connectivity index (χ2v) is 8.38. The van der Waals surface area contributed by atoms with E-state index in [1.807, 2.05) is 0 Å². The highest BCUT2D eigenvalue weighted by molar-refractivity contribution is 7.86. The predicted molar refractivity (Wildman–Crippen MR) is 78.5 cm³/mol. The van der Waals surface area contributed by atoms with Gasteiger partial charge in [-0.2, -0.15) is 17.0 Å². The molecule has 0 saturated carbocycles. The van der Waals surface area contributed by atoms with Gasteiger partial charge in [0.2, 0.25) is 0 Å². The summed E-state index contributed by atoms with van der Waals surface area (Å²) in [6, 6.07) is -0.0204. The van der Waals surface area contributed by atoms with E-state index in [-0.39, 0.29) is 6.04 Å². The van der Waals surface area contributed by atoms with Crippen molar-refractivity contribution in [2.45, 2.75) is 45.6 Å². The zero-order valence-corrected chi connectivity index (χ0v) is 13.5. The zero-order valence-electron chi connectivity index (χ0n) is 11.9. The van der Waals surface area contributed by atoms with E-state index in [1.165, 1.54) is 0 Å². The molecule has 2 aliphatic heterocycles. The Balaban J connectivity index is 2.16. The molecule has 2 saturated heterocycles. The first-order valence-electron chi connectivity index (χ1n) is 7.28. The molecule has 0 spiro atoms. The Kier molecular flexibility index (Phi) is 5.15. The van der Waals surface area contributed by atoms with Crippen LogP contribution in [0.5, 0.6) is 0 Å². The van der Waals surface area contributed by atoms with Gasteiger partial charge in [0, 0.05) is 31.6 Å². The number of hydrogen-bond donors (Lipinski definition) is 0. The SMILES string of the molecule is CC1CC(C)CN(S(=O)(=O)N2CCCCC2CCl)C1. The van der Waals surface area contributed by atoms with Gasteiger partial charge in [0.1, 0.15) is 0 Å². The zero-order chi connectivity index (χ0) is 14.0. The first-order valence-corrected chi connectivity index (χ1v) is 9.21. The van der Waals surface area contributed by atoms with E-state index in [4.69, 9.17) is 11.6 Å². The van der Waals surface area contributed by atoms with Crippen LogP contribution in [0.2, 0.25) is 0 Å². The molecule has 0 N–H and O–H groups in total.